The van der Waals surface area contributed by atoms with Crippen LogP contribution in [0.4, 0.5) is 0 Å². The first-order valence-electron chi connectivity index (χ1n) is 9.55. The normalized spacial score (nSPS) is 17.0. The molecule has 0 aliphatic carbocycles. The molecular formula is C22H28N2OS. The average Bonchev–Trinajstić information content (AvgIpc) is 2.69. The quantitative estimate of drug-likeness (QED) is 0.730. The van der Waals surface area contributed by atoms with Crippen molar-refractivity contribution in [1.29, 1.82) is 0 Å². The molecule has 1 atom stereocenters. The molecule has 0 unspecified atom stereocenters. The summed E-state index contributed by atoms with van der Waals surface area (Å²) in [7, 11) is 0. The molecule has 1 amide bonds. The zero-order valence-electron chi connectivity index (χ0n) is 15.4. The molecule has 4 heteroatoms. The molecule has 138 valence electrons. The van der Waals surface area contributed by atoms with E-state index in [1.165, 1.54) is 6.42 Å². The fraction of sp³-hybridized carbons (Fsp3) is 0.409. The lowest BCUT2D eigenvalue weighted by atomic mass is 10.0. The number of nitrogens with zero attached hydrogens (tertiary/aromatic N) is 1. The van der Waals surface area contributed by atoms with Crippen molar-refractivity contribution in [3.05, 3.63) is 66.2 Å². The molecule has 1 fully saturated rings. The Morgan fingerprint density at radius 1 is 1.08 bits per heavy atom. The second kappa shape index (κ2) is 9.79. The number of rotatable bonds is 7. The summed E-state index contributed by atoms with van der Waals surface area (Å²) < 4.78 is 0. The highest BCUT2D eigenvalue weighted by Crippen LogP contribution is 2.35. The van der Waals surface area contributed by atoms with Gasteiger partial charge < -0.3 is 10.2 Å². The summed E-state index contributed by atoms with van der Waals surface area (Å²) in [5.74, 6) is 0.124. The van der Waals surface area contributed by atoms with Crippen LogP contribution in [0.1, 0.15) is 37.0 Å². The summed E-state index contributed by atoms with van der Waals surface area (Å²) in [6, 6.07) is 20.6. The Balaban J connectivity index is 1.66. The van der Waals surface area contributed by atoms with Crippen molar-refractivity contribution >= 4 is 17.7 Å². The molecule has 1 heterocycles. The van der Waals surface area contributed by atoms with Crippen molar-refractivity contribution in [2.75, 3.05) is 19.6 Å². The van der Waals surface area contributed by atoms with Gasteiger partial charge in [0.25, 0.3) is 0 Å². The molecule has 1 N–H and O–H groups in total. The lowest BCUT2D eigenvalue weighted by Crippen LogP contribution is -2.45. The number of piperidine rings is 1. The molecule has 0 radical (unpaired) electrons. The van der Waals surface area contributed by atoms with Crippen LogP contribution in [0.2, 0.25) is 0 Å². The van der Waals surface area contributed by atoms with Crippen molar-refractivity contribution in [2.45, 2.75) is 42.4 Å². The number of nitrogens with one attached hydrogen (secondary N) is 1. The molecule has 0 aromatic heterocycles. The zero-order valence-corrected chi connectivity index (χ0v) is 16.3. The Kier molecular flexibility index (Phi) is 7.15. The van der Waals surface area contributed by atoms with E-state index >= 15 is 0 Å². The minimum absolute atomic E-state index is 0.124. The van der Waals surface area contributed by atoms with E-state index in [4.69, 9.17) is 0 Å². The highest BCUT2D eigenvalue weighted by Gasteiger charge is 2.26. The van der Waals surface area contributed by atoms with E-state index in [-0.39, 0.29) is 17.2 Å². The van der Waals surface area contributed by atoms with Gasteiger partial charge in [-0.15, -0.1) is 11.8 Å². The number of amides is 1. The van der Waals surface area contributed by atoms with Crippen LogP contribution in [-0.4, -0.2) is 36.5 Å². The smallest absolute Gasteiger partial charge is 0.238 e. The Morgan fingerprint density at radius 2 is 1.69 bits per heavy atom. The van der Waals surface area contributed by atoms with Gasteiger partial charge in [-0.3, -0.25) is 4.79 Å². The molecule has 2 aromatic carbocycles. The standard InChI is InChI=1S/C22H28N2OS/c1-2-15-24-16-13-19(14-17-24)23-22(25)21(18-9-5-3-6-10-18)26-20-11-7-4-8-12-20/h3-12,19,21H,2,13-17H2,1H3,(H,23,25)/t21-/m1/s1. The minimum Gasteiger partial charge on any atom is -0.352 e. The van der Waals surface area contributed by atoms with Gasteiger partial charge >= 0.3 is 0 Å². The van der Waals surface area contributed by atoms with Gasteiger partial charge in [-0.05, 0) is 43.5 Å². The lowest BCUT2D eigenvalue weighted by Gasteiger charge is -2.32. The maximum Gasteiger partial charge on any atom is 0.238 e. The number of hydrogen-bond acceptors (Lipinski definition) is 3. The van der Waals surface area contributed by atoms with Crippen LogP contribution in [0.5, 0.6) is 0 Å². The number of carbonyl (C=O) groups is 1. The third-order valence-electron chi connectivity index (χ3n) is 4.81. The Morgan fingerprint density at radius 3 is 2.31 bits per heavy atom. The monoisotopic (exact) mass is 368 g/mol. The maximum absolute atomic E-state index is 13.1. The van der Waals surface area contributed by atoms with Crippen molar-refractivity contribution in [3.63, 3.8) is 0 Å². The Labute approximate surface area is 161 Å². The van der Waals surface area contributed by atoms with E-state index in [1.807, 2.05) is 48.5 Å². The van der Waals surface area contributed by atoms with E-state index in [1.54, 1.807) is 11.8 Å². The molecule has 1 saturated heterocycles. The van der Waals surface area contributed by atoms with Gasteiger partial charge in [-0.1, -0.05) is 55.5 Å². The first-order valence-corrected chi connectivity index (χ1v) is 10.4. The predicted octanol–water partition coefficient (Wildman–Crippen LogP) is 4.51. The summed E-state index contributed by atoms with van der Waals surface area (Å²) in [5, 5.41) is 3.10. The van der Waals surface area contributed by atoms with Gasteiger partial charge in [-0.25, -0.2) is 0 Å². The number of benzene rings is 2. The molecule has 2 aromatic rings. The average molecular weight is 369 g/mol. The second-order valence-corrected chi connectivity index (χ2v) is 8.02. The van der Waals surface area contributed by atoms with Gasteiger partial charge in [0.15, 0.2) is 0 Å². The van der Waals surface area contributed by atoms with Crippen LogP contribution in [0.3, 0.4) is 0 Å². The minimum atomic E-state index is -0.215. The molecule has 1 aliphatic heterocycles. The van der Waals surface area contributed by atoms with Gasteiger partial charge in [0.2, 0.25) is 5.91 Å². The van der Waals surface area contributed by atoms with Gasteiger partial charge in [0.1, 0.15) is 5.25 Å². The molecule has 0 spiro atoms. The van der Waals surface area contributed by atoms with E-state index in [0.717, 1.165) is 42.9 Å². The summed E-state index contributed by atoms with van der Waals surface area (Å²) in [4.78, 5) is 16.7. The van der Waals surface area contributed by atoms with Crippen LogP contribution >= 0.6 is 11.8 Å². The summed E-state index contributed by atoms with van der Waals surface area (Å²) in [6.07, 6.45) is 3.29. The number of thioether (sulfide) groups is 1. The fourth-order valence-corrected chi connectivity index (χ4v) is 4.48. The van der Waals surface area contributed by atoms with E-state index in [2.05, 4.69) is 29.3 Å². The summed E-state index contributed by atoms with van der Waals surface area (Å²) in [6.45, 7) is 5.55. The third-order valence-corrected chi connectivity index (χ3v) is 6.08. The summed E-state index contributed by atoms with van der Waals surface area (Å²) >= 11 is 1.62. The molecule has 26 heavy (non-hydrogen) atoms. The van der Waals surface area contributed by atoms with Crippen LogP contribution in [0.15, 0.2) is 65.6 Å². The molecule has 1 aliphatic rings. The Bertz CT molecular complexity index is 669. The SMILES string of the molecule is CCCN1CCC(NC(=O)[C@H](Sc2ccccc2)c2ccccc2)CC1. The van der Waals surface area contributed by atoms with Crippen molar-refractivity contribution in [3.8, 4) is 0 Å². The first kappa shape index (κ1) is 19.0. The van der Waals surface area contributed by atoms with Gasteiger partial charge in [0.05, 0.1) is 0 Å². The highest BCUT2D eigenvalue weighted by atomic mass is 32.2. The lowest BCUT2D eigenvalue weighted by molar-refractivity contribution is -0.121. The molecule has 3 nitrogen and oxygen atoms in total. The molecular weight excluding hydrogens is 340 g/mol. The first-order chi connectivity index (χ1) is 12.8. The van der Waals surface area contributed by atoms with Crippen LogP contribution < -0.4 is 5.32 Å². The zero-order chi connectivity index (χ0) is 18.2. The van der Waals surface area contributed by atoms with Crippen molar-refractivity contribution in [1.82, 2.24) is 10.2 Å². The van der Waals surface area contributed by atoms with E-state index < -0.39 is 0 Å². The molecule has 0 bridgehead atoms. The Hall–Kier alpha value is -1.78. The third kappa shape index (κ3) is 5.36. The van der Waals surface area contributed by atoms with Crippen molar-refractivity contribution in [2.24, 2.45) is 0 Å². The predicted molar refractivity (Wildman–Crippen MR) is 109 cm³/mol. The van der Waals surface area contributed by atoms with Crippen molar-refractivity contribution < 1.29 is 4.79 Å². The largest absolute Gasteiger partial charge is 0.352 e. The topological polar surface area (TPSA) is 32.3 Å². The van der Waals surface area contributed by atoms with Crippen LogP contribution in [0, 0.1) is 0 Å². The van der Waals surface area contributed by atoms with Gasteiger partial charge in [-0.2, -0.15) is 0 Å². The van der Waals surface area contributed by atoms with Crippen LogP contribution in [0.25, 0.3) is 0 Å². The molecule has 0 saturated carbocycles. The number of carbonyl (C=O) groups excluding carboxylic acids is 1. The highest BCUT2D eigenvalue weighted by molar-refractivity contribution is 8.00. The van der Waals surface area contributed by atoms with E-state index in [0.29, 0.717) is 0 Å². The van der Waals surface area contributed by atoms with Gasteiger partial charge in [0, 0.05) is 24.0 Å². The maximum atomic E-state index is 13.1. The van der Waals surface area contributed by atoms with Crippen LogP contribution in [-0.2, 0) is 4.79 Å². The summed E-state index contributed by atoms with van der Waals surface area (Å²) in [5.41, 5.74) is 1.06. The fourth-order valence-electron chi connectivity index (χ4n) is 3.43. The van der Waals surface area contributed by atoms with E-state index in [9.17, 15) is 4.79 Å². The second-order valence-electron chi connectivity index (χ2n) is 6.85. The molecule has 3 rings (SSSR count). The number of likely N-dealkylation sites (tertiary alicyclic amines) is 1. The number of hydrogen-bond donors (Lipinski definition) is 1.